The van der Waals surface area contributed by atoms with Crippen molar-refractivity contribution in [1.29, 1.82) is 0 Å². The maximum atomic E-state index is 12.2. The summed E-state index contributed by atoms with van der Waals surface area (Å²) in [6.45, 7) is 3.86. The Kier molecular flexibility index (Phi) is 4.84. The fraction of sp³-hybridized carbons (Fsp3) is 0.188. The van der Waals surface area contributed by atoms with Gasteiger partial charge < -0.3 is 5.32 Å². The van der Waals surface area contributed by atoms with E-state index in [4.69, 9.17) is 11.6 Å². The summed E-state index contributed by atoms with van der Waals surface area (Å²) in [5.74, 6) is -0.126. The fourth-order valence-corrected chi connectivity index (χ4v) is 2.47. The predicted octanol–water partition coefficient (Wildman–Crippen LogP) is 4.90. The summed E-state index contributed by atoms with van der Waals surface area (Å²) >= 11 is 9.47. The summed E-state index contributed by atoms with van der Waals surface area (Å²) < 4.78 is 0.995. The lowest BCUT2D eigenvalue weighted by Gasteiger charge is -2.15. The maximum Gasteiger partial charge on any atom is 0.251 e. The molecule has 4 heteroatoms. The number of nitrogens with one attached hydrogen (secondary N) is 1. The SMILES string of the molecule is Cc1ccc(C(=O)NC(C)c2cccc(Br)c2)cc1Cl. The Labute approximate surface area is 132 Å². The van der Waals surface area contributed by atoms with Crippen molar-refractivity contribution in [2.24, 2.45) is 0 Å². The number of carbonyl (C=O) groups is 1. The highest BCUT2D eigenvalue weighted by Gasteiger charge is 2.12. The maximum absolute atomic E-state index is 12.2. The molecule has 2 aromatic carbocycles. The number of rotatable bonds is 3. The minimum Gasteiger partial charge on any atom is -0.346 e. The molecule has 0 heterocycles. The van der Waals surface area contributed by atoms with Crippen LogP contribution in [-0.2, 0) is 0 Å². The van der Waals surface area contributed by atoms with Gasteiger partial charge >= 0.3 is 0 Å². The normalized spacial score (nSPS) is 12.0. The Bertz CT molecular complexity index is 642. The number of hydrogen-bond donors (Lipinski definition) is 1. The van der Waals surface area contributed by atoms with E-state index in [-0.39, 0.29) is 11.9 Å². The molecular formula is C16H15BrClNO. The standard InChI is InChI=1S/C16H15BrClNO/c1-10-6-7-13(9-15(10)18)16(20)19-11(2)12-4-3-5-14(17)8-12/h3-9,11H,1-2H3,(H,19,20). The molecule has 0 aliphatic rings. The molecule has 0 radical (unpaired) electrons. The summed E-state index contributed by atoms with van der Waals surface area (Å²) in [4.78, 5) is 12.2. The summed E-state index contributed by atoms with van der Waals surface area (Å²) in [5, 5.41) is 3.57. The summed E-state index contributed by atoms with van der Waals surface area (Å²) in [7, 11) is 0. The molecular weight excluding hydrogens is 338 g/mol. The van der Waals surface area contributed by atoms with Crippen molar-refractivity contribution in [3.05, 3.63) is 68.7 Å². The summed E-state index contributed by atoms with van der Waals surface area (Å²) in [5.41, 5.74) is 2.58. The number of benzene rings is 2. The van der Waals surface area contributed by atoms with Gasteiger partial charge in [-0.05, 0) is 49.2 Å². The van der Waals surface area contributed by atoms with Crippen molar-refractivity contribution in [2.75, 3.05) is 0 Å². The highest BCUT2D eigenvalue weighted by Crippen LogP contribution is 2.20. The Morgan fingerprint density at radius 1 is 1.25 bits per heavy atom. The zero-order valence-corrected chi connectivity index (χ0v) is 13.6. The lowest BCUT2D eigenvalue weighted by molar-refractivity contribution is 0.0940. The molecule has 0 aromatic heterocycles. The van der Waals surface area contributed by atoms with Crippen molar-refractivity contribution >= 4 is 33.4 Å². The van der Waals surface area contributed by atoms with Gasteiger partial charge in [0.15, 0.2) is 0 Å². The van der Waals surface area contributed by atoms with Crippen LogP contribution in [-0.4, -0.2) is 5.91 Å². The molecule has 1 amide bonds. The molecule has 1 atom stereocenters. The van der Waals surface area contributed by atoms with Crippen LogP contribution in [0.25, 0.3) is 0 Å². The van der Waals surface area contributed by atoms with Crippen LogP contribution in [0.4, 0.5) is 0 Å². The topological polar surface area (TPSA) is 29.1 Å². The molecule has 0 aliphatic carbocycles. The third-order valence-corrected chi connectivity index (χ3v) is 4.03. The molecule has 0 fully saturated rings. The van der Waals surface area contributed by atoms with Crippen LogP contribution < -0.4 is 5.32 Å². The molecule has 0 aliphatic heterocycles. The lowest BCUT2D eigenvalue weighted by Crippen LogP contribution is -2.26. The Balaban J connectivity index is 2.13. The second-order valence-electron chi connectivity index (χ2n) is 4.71. The summed E-state index contributed by atoms with van der Waals surface area (Å²) in [6, 6.07) is 13.1. The molecule has 0 saturated heterocycles. The van der Waals surface area contributed by atoms with E-state index < -0.39 is 0 Å². The second kappa shape index (κ2) is 6.42. The summed E-state index contributed by atoms with van der Waals surface area (Å²) in [6.07, 6.45) is 0. The quantitative estimate of drug-likeness (QED) is 0.836. The average molecular weight is 353 g/mol. The zero-order chi connectivity index (χ0) is 14.7. The first kappa shape index (κ1) is 15.1. The zero-order valence-electron chi connectivity index (χ0n) is 11.3. The van der Waals surface area contributed by atoms with Crippen molar-refractivity contribution in [1.82, 2.24) is 5.32 Å². The van der Waals surface area contributed by atoms with Gasteiger partial charge in [0.1, 0.15) is 0 Å². The third kappa shape index (κ3) is 3.62. The molecule has 1 unspecified atom stereocenters. The number of amides is 1. The smallest absolute Gasteiger partial charge is 0.251 e. The van der Waals surface area contributed by atoms with Gasteiger partial charge in [-0.2, -0.15) is 0 Å². The molecule has 2 aromatic rings. The number of halogens is 2. The monoisotopic (exact) mass is 351 g/mol. The van der Waals surface area contributed by atoms with Crippen molar-refractivity contribution in [3.8, 4) is 0 Å². The third-order valence-electron chi connectivity index (χ3n) is 3.13. The Morgan fingerprint density at radius 2 is 2.00 bits per heavy atom. The van der Waals surface area contributed by atoms with Crippen LogP contribution in [0.2, 0.25) is 5.02 Å². The van der Waals surface area contributed by atoms with Gasteiger partial charge in [-0.15, -0.1) is 0 Å². The molecule has 0 bridgehead atoms. The van der Waals surface area contributed by atoms with E-state index in [1.165, 1.54) is 0 Å². The van der Waals surface area contributed by atoms with Gasteiger partial charge in [0, 0.05) is 15.1 Å². The highest BCUT2D eigenvalue weighted by atomic mass is 79.9. The van der Waals surface area contributed by atoms with Crippen LogP contribution in [0.15, 0.2) is 46.9 Å². The molecule has 0 spiro atoms. The first-order valence-corrected chi connectivity index (χ1v) is 7.47. The molecule has 1 N–H and O–H groups in total. The number of hydrogen-bond acceptors (Lipinski definition) is 1. The lowest BCUT2D eigenvalue weighted by atomic mass is 10.1. The Hall–Kier alpha value is -1.32. The second-order valence-corrected chi connectivity index (χ2v) is 6.04. The van der Waals surface area contributed by atoms with Crippen LogP contribution in [0.5, 0.6) is 0 Å². The van der Waals surface area contributed by atoms with Crippen LogP contribution in [0.3, 0.4) is 0 Å². The van der Waals surface area contributed by atoms with Crippen LogP contribution in [0, 0.1) is 6.92 Å². The van der Waals surface area contributed by atoms with Crippen molar-refractivity contribution in [3.63, 3.8) is 0 Å². The van der Waals surface area contributed by atoms with E-state index in [0.717, 1.165) is 15.6 Å². The molecule has 104 valence electrons. The average Bonchev–Trinajstić information content (AvgIpc) is 2.41. The predicted molar refractivity (Wildman–Crippen MR) is 86.2 cm³/mol. The number of carbonyl (C=O) groups excluding carboxylic acids is 1. The van der Waals surface area contributed by atoms with Gasteiger partial charge in [-0.1, -0.05) is 45.7 Å². The van der Waals surface area contributed by atoms with E-state index in [2.05, 4.69) is 21.2 Å². The minimum absolute atomic E-state index is 0.0694. The minimum atomic E-state index is -0.126. The van der Waals surface area contributed by atoms with E-state index in [1.807, 2.05) is 44.2 Å². The molecule has 20 heavy (non-hydrogen) atoms. The van der Waals surface area contributed by atoms with E-state index in [9.17, 15) is 4.79 Å². The highest BCUT2D eigenvalue weighted by molar-refractivity contribution is 9.10. The van der Waals surface area contributed by atoms with Crippen LogP contribution >= 0.6 is 27.5 Å². The van der Waals surface area contributed by atoms with Gasteiger partial charge in [0.05, 0.1) is 6.04 Å². The molecule has 2 rings (SSSR count). The van der Waals surface area contributed by atoms with Gasteiger partial charge in [0.25, 0.3) is 5.91 Å². The Morgan fingerprint density at radius 3 is 2.65 bits per heavy atom. The first-order valence-electron chi connectivity index (χ1n) is 6.30. The van der Waals surface area contributed by atoms with Gasteiger partial charge in [0.2, 0.25) is 0 Å². The molecule has 0 saturated carbocycles. The van der Waals surface area contributed by atoms with Crippen molar-refractivity contribution < 1.29 is 4.79 Å². The van der Waals surface area contributed by atoms with E-state index >= 15 is 0 Å². The van der Waals surface area contributed by atoms with Gasteiger partial charge in [-0.3, -0.25) is 4.79 Å². The fourth-order valence-electron chi connectivity index (χ4n) is 1.87. The van der Waals surface area contributed by atoms with Gasteiger partial charge in [-0.25, -0.2) is 0 Å². The first-order chi connectivity index (χ1) is 9.47. The number of aryl methyl sites for hydroxylation is 1. The van der Waals surface area contributed by atoms with Crippen LogP contribution in [0.1, 0.15) is 34.5 Å². The molecule has 2 nitrogen and oxygen atoms in total. The largest absolute Gasteiger partial charge is 0.346 e. The van der Waals surface area contributed by atoms with E-state index in [0.29, 0.717) is 10.6 Å². The van der Waals surface area contributed by atoms with E-state index in [1.54, 1.807) is 12.1 Å². The van der Waals surface area contributed by atoms with Crippen molar-refractivity contribution in [2.45, 2.75) is 19.9 Å².